The van der Waals surface area contributed by atoms with E-state index in [0.717, 1.165) is 0 Å². The molecular formula is C13H16BrN5O4. The highest BCUT2D eigenvalue weighted by Crippen LogP contribution is 2.51. The molecule has 2 aromatic heterocycles. The molecule has 9 nitrogen and oxygen atoms in total. The molecule has 0 aromatic carbocycles. The van der Waals surface area contributed by atoms with E-state index in [1.54, 1.807) is 13.8 Å². The Labute approximate surface area is 139 Å². The van der Waals surface area contributed by atoms with Crippen LogP contribution in [0.15, 0.2) is 4.73 Å². The summed E-state index contributed by atoms with van der Waals surface area (Å²) in [6.07, 6.45) is -3.29. The Balaban J connectivity index is 2.15. The number of aromatic nitrogens is 4. The van der Waals surface area contributed by atoms with E-state index in [0.29, 0.717) is 15.9 Å². The number of aliphatic hydroxyl groups is 3. The number of ether oxygens (including phenoxy) is 1. The number of aliphatic hydroxyl groups excluding tert-OH is 2. The van der Waals surface area contributed by atoms with Crippen molar-refractivity contribution in [2.75, 3.05) is 12.3 Å². The Kier molecular flexibility index (Phi) is 2.91. The third kappa shape index (κ3) is 1.57. The number of nitrogens with zero attached hydrogens (tertiary/aromatic N) is 4. The van der Waals surface area contributed by atoms with Crippen LogP contribution >= 0.6 is 15.9 Å². The average molecular weight is 386 g/mol. The number of halogens is 1. The molecule has 10 heteroatoms. The van der Waals surface area contributed by atoms with Crippen LogP contribution in [0.5, 0.6) is 0 Å². The predicted molar refractivity (Wildman–Crippen MR) is 82.4 cm³/mol. The topological polar surface area (TPSA) is 140 Å². The van der Waals surface area contributed by atoms with Crippen LogP contribution in [0.2, 0.25) is 0 Å². The van der Waals surface area contributed by atoms with Crippen molar-refractivity contribution in [2.45, 2.75) is 43.3 Å². The van der Waals surface area contributed by atoms with Crippen LogP contribution in [0.3, 0.4) is 0 Å². The van der Waals surface area contributed by atoms with Gasteiger partial charge < -0.3 is 25.8 Å². The third-order valence-electron chi connectivity index (χ3n) is 5.02. The number of hydrogen-bond acceptors (Lipinski definition) is 8. The first-order valence-corrected chi connectivity index (χ1v) is 7.91. The number of hydrogen-bond donors (Lipinski definition) is 4. The quantitative estimate of drug-likeness (QED) is 0.479. The Hall–Kier alpha value is -1.33. The van der Waals surface area contributed by atoms with E-state index >= 15 is 0 Å². The first-order chi connectivity index (χ1) is 10.7. The molecule has 4 rings (SSSR count). The Morgan fingerprint density at radius 2 is 2.04 bits per heavy atom. The van der Waals surface area contributed by atoms with Crippen molar-refractivity contribution in [3.63, 3.8) is 0 Å². The van der Waals surface area contributed by atoms with E-state index in [-0.39, 0.29) is 11.6 Å². The number of nitrogen functional groups attached to an aromatic ring is 1. The number of rotatable bonds is 1. The second-order valence-electron chi connectivity index (χ2n) is 6.45. The molecule has 0 amide bonds. The molecule has 1 saturated heterocycles. The lowest BCUT2D eigenvalue weighted by atomic mass is 9.68. The van der Waals surface area contributed by atoms with Gasteiger partial charge in [-0.2, -0.15) is 0 Å². The van der Waals surface area contributed by atoms with E-state index in [2.05, 4.69) is 30.9 Å². The average Bonchev–Trinajstić information content (AvgIpc) is 2.95. The molecule has 2 aliphatic heterocycles. The molecule has 0 spiro atoms. The number of anilines is 1. The van der Waals surface area contributed by atoms with Gasteiger partial charge >= 0.3 is 0 Å². The number of nitrogens with two attached hydrogens (primary N) is 1. The summed E-state index contributed by atoms with van der Waals surface area (Å²) < 4.78 is 7.61. The largest absolute Gasteiger partial charge is 0.394 e. The molecular weight excluding hydrogens is 370 g/mol. The summed E-state index contributed by atoms with van der Waals surface area (Å²) in [4.78, 5) is 13.0. The van der Waals surface area contributed by atoms with Gasteiger partial charge in [-0.05, 0) is 29.8 Å². The second-order valence-corrected chi connectivity index (χ2v) is 7.16. The Bertz CT molecular complexity index is 824. The molecule has 2 aliphatic rings. The maximum absolute atomic E-state index is 11.3. The summed E-state index contributed by atoms with van der Waals surface area (Å²) >= 11 is 3.30. The van der Waals surface area contributed by atoms with Crippen LogP contribution in [0.4, 0.5) is 5.82 Å². The van der Waals surface area contributed by atoms with Crippen molar-refractivity contribution in [3.8, 4) is 0 Å². The standard InChI is InChI=1S/C13H16BrN5O4/c1-12(2)10-17-7(15)5-8(18-10)19(11(14)16-5)9-6(21)13(12,22)4(3-20)23-9/h4,6,9,20-22H,3H2,1-2H3,(H2,15,17,18)/t4-,6+,9-,13-/m1/s1. The van der Waals surface area contributed by atoms with Crippen LogP contribution in [0.25, 0.3) is 11.2 Å². The summed E-state index contributed by atoms with van der Waals surface area (Å²) in [5.74, 6) is 0.428. The molecule has 5 N–H and O–H groups in total. The maximum atomic E-state index is 11.3. The van der Waals surface area contributed by atoms with Crippen molar-refractivity contribution in [1.82, 2.24) is 19.5 Å². The van der Waals surface area contributed by atoms with Crippen LogP contribution in [0, 0.1) is 0 Å². The molecule has 124 valence electrons. The van der Waals surface area contributed by atoms with E-state index in [1.165, 1.54) is 4.57 Å². The molecule has 23 heavy (non-hydrogen) atoms. The summed E-state index contributed by atoms with van der Waals surface area (Å²) in [7, 11) is 0. The van der Waals surface area contributed by atoms with E-state index in [1.807, 2.05) is 0 Å². The Morgan fingerprint density at radius 3 is 2.70 bits per heavy atom. The van der Waals surface area contributed by atoms with E-state index in [4.69, 9.17) is 10.5 Å². The molecule has 0 unspecified atom stereocenters. The lowest BCUT2D eigenvalue weighted by molar-refractivity contribution is -0.136. The highest BCUT2D eigenvalue weighted by molar-refractivity contribution is 9.10. The number of imidazole rings is 1. The second kappa shape index (κ2) is 4.39. The van der Waals surface area contributed by atoms with Gasteiger partial charge in [0.1, 0.15) is 23.6 Å². The van der Waals surface area contributed by atoms with Crippen LogP contribution in [-0.4, -0.2) is 59.3 Å². The molecule has 4 bridgehead atoms. The maximum Gasteiger partial charge on any atom is 0.181 e. The third-order valence-corrected chi connectivity index (χ3v) is 5.58. The monoisotopic (exact) mass is 385 g/mol. The van der Waals surface area contributed by atoms with Crippen molar-refractivity contribution in [3.05, 3.63) is 10.6 Å². The van der Waals surface area contributed by atoms with E-state index < -0.39 is 36.1 Å². The first-order valence-electron chi connectivity index (χ1n) is 7.11. The van der Waals surface area contributed by atoms with Crippen LogP contribution in [-0.2, 0) is 10.2 Å². The fourth-order valence-corrected chi connectivity index (χ4v) is 4.11. The highest BCUT2D eigenvalue weighted by Gasteiger charge is 2.65. The fourth-order valence-electron chi connectivity index (χ4n) is 3.56. The van der Waals surface area contributed by atoms with Crippen molar-refractivity contribution in [1.29, 1.82) is 0 Å². The van der Waals surface area contributed by atoms with Gasteiger partial charge in [0.25, 0.3) is 0 Å². The summed E-state index contributed by atoms with van der Waals surface area (Å²) in [5, 5.41) is 31.7. The summed E-state index contributed by atoms with van der Waals surface area (Å²) in [6.45, 7) is 2.91. The first kappa shape index (κ1) is 15.2. The Morgan fingerprint density at radius 1 is 1.35 bits per heavy atom. The zero-order valence-corrected chi connectivity index (χ0v) is 14.0. The van der Waals surface area contributed by atoms with Gasteiger partial charge in [-0.25, -0.2) is 15.0 Å². The molecule has 4 heterocycles. The molecule has 1 fully saturated rings. The zero-order valence-electron chi connectivity index (χ0n) is 12.4. The van der Waals surface area contributed by atoms with Crippen LogP contribution < -0.4 is 5.73 Å². The fraction of sp³-hybridized carbons (Fsp3) is 0.615. The predicted octanol–water partition coefficient (Wildman–Crippen LogP) is -0.556. The lowest BCUT2D eigenvalue weighted by Gasteiger charge is -2.43. The van der Waals surface area contributed by atoms with Crippen LogP contribution in [0.1, 0.15) is 25.9 Å². The normalized spacial score (nSPS) is 34.8. The molecule has 4 atom stereocenters. The number of fused-ring (bicyclic) bond motifs is 4. The molecule has 2 aromatic rings. The minimum atomic E-state index is -1.80. The smallest absolute Gasteiger partial charge is 0.181 e. The molecule has 0 saturated carbocycles. The van der Waals surface area contributed by atoms with Crippen molar-refractivity contribution >= 4 is 32.9 Å². The zero-order chi connectivity index (χ0) is 16.7. The molecule has 0 aliphatic carbocycles. The minimum Gasteiger partial charge on any atom is -0.394 e. The van der Waals surface area contributed by atoms with E-state index in [9.17, 15) is 15.3 Å². The SMILES string of the molecule is CC1(C)c2nc(N)c3nc(Br)n(c3n2)[C@@H]2O[C@H](CO)[C@@]1(O)[C@H]2O. The van der Waals surface area contributed by atoms with Gasteiger partial charge in [-0.1, -0.05) is 0 Å². The van der Waals surface area contributed by atoms with Gasteiger partial charge in [0.15, 0.2) is 27.9 Å². The molecule has 0 radical (unpaired) electrons. The van der Waals surface area contributed by atoms with Crippen molar-refractivity contribution < 1.29 is 20.1 Å². The lowest BCUT2D eigenvalue weighted by Crippen LogP contribution is -2.62. The minimum absolute atomic E-state index is 0.178. The summed E-state index contributed by atoms with van der Waals surface area (Å²) in [5.41, 5.74) is 3.86. The van der Waals surface area contributed by atoms with Gasteiger partial charge in [-0.3, -0.25) is 4.57 Å². The van der Waals surface area contributed by atoms with Gasteiger partial charge in [-0.15, -0.1) is 0 Å². The van der Waals surface area contributed by atoms with Gasteiger partial charge in [0.2, 0.25) is 0 Å². The summed E-state index contributed by atoms with van der Waals surface area (Å²) in [6, 6.07) is 0. The van der Waals surface area contributed by atoms with Crippen molar-refractivity contribution in [2.24, 2.45) is 0 Å². The highest BCUT2D eigenvalue weighted by atomic mass is 79.9. The van der Waals surface area contributed by atoms with Gasteiger partial charge in [0, 0.05) is 0 Å². The van der Waals surface area contributed by atoms with Gasteiger partial charge in [0.05, 0.1) is 12.0 Å².